The predicted octanol–water partition coefficient (Wildman–Crippen LogP) is 2.94. The Kier molecular flexibility index (Phi) is 3.93. The third-order valence-electron chi connectivity index (χ3n) is 3.74. The molecule has 0 bridgehead atoms. The molecule has 0 aliphatic carbocycles. The molecule has 98 valence electrons. The quantitative estimate of drug-likeness (QED) is 0.915. The van der Waals surface area contributed by atoms with Crippen LogP contribution in [0.4, 0.5) is 0 Å². The molecule has 2 atom stereocenters. The molecular formula is C14H18ClNO2. The molecule has 1 heterocycles. The lowest BCUT2D eigenvalue weighted by atomic mass is 10.0. The second-order valence-corrected chi connectivity index (χ2v) is 5.53. The number of carbonyl (C=O) groups is 1. The Morgan fingerprint density at radius 3 is 2.89 bits per heavy atom. The van der Waals surface area contributed by atoms with E-state index in [0.717, 1.165) is 29.1 Å². The average molecular weight is 268 g/mol. The lowest BCUT2D eigenvalue weighted by Gasteiger charge is -2.23. The van der Waals surface area contributed by atoms with Crippen LogP contribution in [0.25, 0.3) is 0 Å². The van der Waals surface area contributed by atoms with E-state index in [4.69, 9.17) is 11.6 Å². The maximum absolute atomic E-state index is 11.3. The topological polar surface area (TPSA) is 40.5 Å². The van der Waals surface area contributed by atoms with Gasteiger partial charge < -0.3 is 5.11 Å². The van der Waals surface area contributed by atoms with Crippen LogP contribution in [0.1, 0.15) is 24.5 Å². The number of aliphatic carboxylic acids is 1. The molecule has 1 aromatic rings. The first-order valence-electron chi connectivity index (χ1n) is 6.21. The monoisotopic (exact) mass is 267 g/mol. The number of nitrogens with zero attached hydrogens (tertiary/aromatic N) is 1. The summed E-state index contributed by atoms with van der Waals surface area (Å²) in [6.07, 6.45) is 0.948. The van der Waals surface area contributed by atoms with Crippen molar-refractivity contribution in [1.29, 1.82) is 0 Å². The summed E-state index contributed by atoms with van der Waals surface area (Å²) in [5.41, 5.74) is 2.27. The first-order valence-corrected chi connectivity index (χ1v) is 6.58. The van der Waals surface area contributed by atoms with Crippen molar-refractivity contribution in [1.82, 2.24) is 4.90 Å². The molecule has 1 aliphatic rings. The molecule has 1 aliphatic heterocycles. The van der Waals surface area contributed by atoms with E-state index in [1.165, 1.54) is 0 Å². The van der Waals surface area contributed by atoms with Gasteiger partial charge in [0.15, 0.2) is 0 Å². The minimum absolute atomic E-state index is 0.218. The normalized spacial score (nSPS) is 24.4. The lowest BCUT2D eigenvalue weighted by Crippen LogP contribution is -2.38. The van der Waals surface area contributed by atoms with E-state index in [-0.39, 0.29) is 12.0 Å². The van der Waals surface area contributed by atoms with E-state index < -0.39 is 5.97 Å². The molecule has 1 aromatic carbocycles. The van der Waals surface area contributed by atoms with Gasteiger partial charge in [0.05, 0.1) is 0 Å². The van der Waals surface area contributed by atoms with Gasteiger partial charge in [-0.3, -0.25) is 9.69 Å². The highest BCUT2D eigenvalue weighted by atomic mass is 35.5. The van der Waals surface area contributed by atoms with Crippen molar-refractivity contribution >= 4 is 17.6 Å². The summed E-state index contributed by atoms with van der Waals surface area (Å²) >= 11 is 5.93. The molecule has 0 amide bonds. The molecule has 2 unspecified atom stereocenters. The number of aryl methyl sites for hydroxylation is 1. The first-order chi connectivity index (χ1) is 8.49. The van der Waals surface area contributed by atoms with Crippen molar-refractivity contribution in [2.75, 3.05) is 6.54 Å². The second-order valence-electron chi connectivity index (χ2n) is 5.09. The maximum Gasteiger partial charge on any atom is 0.321 e. The first kappa shape index (κ1) is 13.4. The SMILES string of the molecule is Cc1cc(Cl)ccc1CN1CCC(C)C1C(=O)O. The number of hydrogen-bond donors (Lipinski definition) is 1. The smallest absolute Gasteiger partial charge is 0.321 e. The summed E-state index contributed by atoms with van der Waals surface area (Å²) < 4.78 is 0. The van der Waals surface area contributed by atoms with Gasteiger partial charge in [0.1, 0.15) is 6.04 Å². The molecule has 2 rings (SSSR count). The van der Waals surface area contributed by atoms with Crippen molar-refractivity contribution < 1.29 is 9.90 Å². The highest BCUT2D eigenvalue weighted by molar-refractivity contribution is 6.30. The predicted molar refractivity (Wildman–Crippen MR) is 71.8 cm³/mol. The van der Waals surface area contributed by atoms with Crippen LogP contribution in [0, 0.1) is 12.8 Å². The second kappa shape index (κ2) is 5.29. The van der Waals surface area contributed by atoms with E-state index in [2.05, 4.69) is 0 Å². The Morgan fingerprint density at radius 1 is 1.56 bits per heavy atom. The average Bonchev–Trinajstić information content (AvgIpc) is 2.64. The number of likely N-dealkylation sites (tertiary alicyclic amines) is 1. The van der Waals surface area contributed by atoms with E-state index in [1.54, 1.807) is 0 Å². The summed E-state index contributed by atoms with van der Waals surface area (Å²) in [6, 6.07) is 5.41. The Labute approximate surface area is 112 Å². The summed E-state index contributed by atoms with van der Waals surface area (Å²) in [7, 11) is 0. The minimum atomic E-state index is -0.716. The van der Waals surface area contributed by atoms with Gasteiger partial charge in [-0.1, -0.05) is 24.6 Å². The Morgan fingerprint density at radius 2 is 2.28 bits per heavy atom. The summed E-state index contributed by atoms with van der Waals surface area (Å²) in [6.45, 7) is 5.55. The molecule has 4 heteroatoms. The van der Waals surface area contributed by atoms with E-state index in [9.17, 15) is 9.90 Å². The number of benzene rings is 1. The van der Waals surface area contributed by atoms with Crippen LogP contribution in [0.5, 0.6) is 0 Å². The van der Waals surface area contributed by atoms with Gasteiger partial charge >= 0.3 is 5.97 Å². The van der Waals surface area contributed by atoms with Gasteiger partial charge in [0.25, 0.3) is 0 Å². The molecule has 0 aromatic heterocycles. The Hall–Kier alpha value is -1.06. The number of carboxylic acid groups (broad SMARTS) is 1. The van der Waals surface area contributed by atoms with Gasteiger partial charge in [-0.05, 0) is 49.1 Å². The molecule has 18 heavy (non-hydrogen) atoms. The maximum atomic E-state index is 11.3. The molecular weight excluding hydrogens is 250 g/mol. The van der Waals surface area contributed by atoms with Crippen LogP contribution in [-0.2, 0) is 11.3 Å². The van der Waals surface area contributed by atoms with Crippen molar-refractivity contribution in [2.45, 2.75) is 32.9 Å². The van der Waals surface area contributed by atoms with Gasteiger partial charge in [0.2, 0.25) is 0 Å². The fraction of sp³-hybridized carbons (Fsp3) is 0.500. The van der Waals surface area contributed by atoms with Crippen molar-refractivity contribution in [2.24, 2.45) is 5.92 Å². The van der Waals surface area contributed by atoms with Crippen LogP contribution < -0.4 is 0 Å². The van der Waals surface area contributed by atoms with E-state index >= 15 is 0 Å². The van der Waals surface area contributed by atoms with Crippen molar-refractivity contribution in [3.05, 3.63) is 34.3 Å². The van der Waals surface area contributed by atoms with Crippen LogP contribution in [0.2, 0.25) is 5.02 Å². The lowest BCUT2D eigenvalue weighted by molar-refractivity contribution is -0.143. The van der Waals surface area contributed by atoms with E-state index in [0.29, 0.717) is 6.54 Å². The highest BCUT2D eigenvalue weighted by Gasteiger charge is 2.36. The van der Waals surface area contributed by atoms with Gasteiger partial charge in [-0.2, -0.15) is 0 Å². The standard InChI is InChI=1S/C14H18ClNO2/c1-9-5-6-16(13(9)14(17)18)8-11-3-4-12(15)7-10(11)2/h3-4,7,9,13H,5-6,8H2,1-2H3,(H,17,18). The molecule has 3 nitrogen and oxygen atoms in total. The number of carboxylic acids is 1. The number of hydrogen-bond acceptors (Lipinski definition) is 2. The van der Waals surface area contributed by atoms with Crippen molar-refractivity contribution in [3.8, 4) is 0 Å². The van der Waals surface area contributed by atoms with Gasteiger partial charge in [0, 0.05) is 11.6 Å². The van der Waals surface area contributed by atoms with Crippen LogP contribution in [0.15, 0.2) is 18.2 Å². The molecule has 0 spiro atoms. The van der Waals surface area contributed by atoms with Crippen molar-refractivity contribution in [3.63, 3.8) is 0 Å². The van der Waals surface area contributed by atoms with Crippen LogP contribution in [0.3, 0.4) is 0 Å². The van der Waals surface area contributed by atoms with Crippen LogP contribution >= 0.6 is 11.6 Å². The molecule has 1 N–H and O–H groups in total. The van der Waals surface area contributed by atoms with E-state index in [1.807, 2.05) is 36.9 Å². The fourth-order valence-corrected chi connectivity index (χ4v) is 2.89. The largest absolute Gasteiger partial charge is 0.480 e. The summed E-state index contributed by atoms with van der Waals surface area (Å²) in [5.74, 6) is -0.498. The highest BCUT2D eigenvalue weighted by Crippen LogP contribution is 2.27. The zero-order valence-electron chi connectivity index (χ0n) is 10.7. The molecule has 0 saturated carbocycles. The minimum Gasteiger partial charge on any atom is -0.480 e. The number of rotatable bonds is 3. The summed E-state index contributed by atoms with van der Waals surface area (Å²) in [5, 5.41) is 10.0. The molecule has 1 saturated heterocycles. The third kappa shape index (κ3) is 2.68. The molecule has 1 fully saturated rings. The number of halogens is 1. The third-order valence-corrected chi connectivity index (χ3v) is 3.97. The molecule has 0 radical (unpaired) electrons. The van der Waals surface area contributed by atoms with Crippen LogP contribution in [-0.4, -0.2) is 28.6 Å². The van der Waals surface area contributed by atoms with Gasteiger partial charge in [-0.25, -0.2) is 0 Å². The Bertz CT molecular complexity index is 461. The fourth-order valence-electron chi connectivity index (χ4n) is 2.66. The zero-order chi connectivity index (χ0) is 13.3. The summed E-state index contributed by atoms with van der Waals surface area (Å²) in [4.78, 5) is 13.3. The van der Waals surface area contributed by atoms with Gasteiger partial charge in [-0.15, -0.1) is 0 Å². The zero-order valence-corrected chi connectivity index (χ0v) is 11.4. The Balaban J connectivity index is 2.16.